The number of hydrogen-bond acceptors (Lipinski definition) is 2. The molecule has 2 aromatic rings. The van der Waals surface area contributed by atoms with Crippen LogP contribution >= 0.6 is 0 Å². The Morgan fingerprint density at radius 2 is 2.12 bits per heavy atom. The van der Waals surface area contributed by atoms with Crippen LogP contribution in [0.25, 0.3) is 11.0 Å². The average Bonchev–Trinajstić information content (AvgIpc) is 3.09. The van der Waals surface area contributed by atoms with Gasteiger partial charge in [0.15, 0.2) is 0 Å². The van der Waals surface area contributed by atoms with Crippen LogP contribution in [-0.2, 0) is 6.54 Å². The highest BCUT2D eigenvalue weighted by Crippen LogP contribution is 2.40. The molecule has 3 heteroatoms. The van der Waals surface area contributed by atoms with Crippen molar-refractivity contribution in [3.63, 3.8) is 0 Å². The number of aryl methyl sites for hydroxylation is 1. The molecule has 0 atom stereocenters. The summed E-state index contributed by atoms with van der Waals surface area (Å²) in [6, 6.07) is 8.26. The second-order valence-corrected chi connectivity index (χ2v) is 4.46. The van der Waals surface area contributed by atoms with Gasteiger partial charge in [-0.15, -0.1) is 0 Å². The van der Waals surface area contributed by atoms with Crippen molar-refractivity contribution in [2.75, 3.05) is 6.61 Å². The molecule has 0 bridgehead atoms. The summed E-state index contributed by atoms with van der Waals surface area (Å²) >= 11 is 0. The Labute approximate surface area is 94.7 Å². The van der Waals surface area contributed by atoms with Gasteiger partial charge in [-0.1, -0.05) is 12.1 Å². The van der Waals surface area contributed by atoms with Crippen LogP contribution < -0.4 is 0 Å². The van der Waals surface area contributed by atoms with Crippen LogP contribution in [0.2, 0.25) is 0 Å². The summed E-state index contributed by atoms with van der Waals surface area (Å²) in [5.41, 5.74) is 2.29. The molecule has 1 fully saturated rings. The minimum absolute atomic E-state index is 0.247. The maximum absolute atomic E-state index is 8.95. The van der Waals surface area contributed by atoms with E-state index in [1.807, 2.05) is 6.07 Å². The number of hydrogen-bond donors (Lipinski definition) is 1. The first-order valence-corrected chi connectivity index (χ1v) is 5.96. The van der Waals surface area contributed by atoms with E-state index in [1.165, 1.54) is 24.2 Å². The molecule has 3 rings (SSSR count). The Morgan fingerprint density at radius 1 is 1.31 bits per heavy atom. The van der Waals surface area contributed by atoms with Crippen molar-refractivity contribution < 1.29 is 5.11 Å². The zero-order valence-corrected chi connectivity index (χ0v) is 9.26. The van der Waals surface area contributed by atoms with Gasteiger partial charge in [-0.25, -0.2) is 4.98 Å². The second kappa shape index (κ2) is 3.91. The highest BCUT2D eigenvalue weighted by atomic mass is 16.3. The molecule has 84 valence electrons. The number of aliphatic hydroxyl groups excluding tert-OH is 1. The van der Waals surface area contributed by atoms with Crippen molar-refractivity contribution in [1.29, 1.82) is 0 Å². The Hall–Kier alpha value is -1.35. The van der Waals surface area contributed by atoms with Crippen LogP contribution in [0.1, 0.15) is 31.0 Å². The van der Waals surface area contributed by atoms with Crippen LogP contribution in [0.15, 0.2) is 24.3 Å². The van der Waals surface area contributed by atoms with Crippen LogP contribution in [0.4, 0.5) is 0 Å². The van der Waals surface area contributed by atoms with E-state index in [9.17, 15) is 0 Å². The first-order valence-electron chi connectivity index (χ1n) is 5.96. The quantitative estimate of drug-likeness (QED) is 0.851. The molecule has 1 saturated carbocycles. The zero-order chi connectivity index (χ0) is 11.0. The molecule has 16 heavy (non-hydrogen) atoms. The van der Waals surface area contributed by atoms with Gasteiger partial charge in [-0.05, 0) is 31.4 Å². The Balaban J connectivity index is 2.08. The minimum atomic E-state index is 0.247. The fraction of sp³-hybridized carbons (Fsp3) is 0.462. The number of benzene rings is 1. The van der Waals surface area contributed by atoms with Crippen LogP contribution in [0.3, 0.4) is 0 Å². The molecule has 0 radical (unpaired) electrons. The van der Waals surface area contributed by atoms with E-state index in [4.69, 9.17) is 10.1 Å². The van der Waals surface area contributed by atoms with Gasteiger partial charge < -0.3 is 9.67 Å². The molecular formula is C13H16N2O. The van der Waals surface area contributed by atoms with Crippen molar-refractivity contribution in [3.8, 4) is 0 Å². The topological polar surface area (TPSA) is 38.0 Å². The predicted octanol–water partition coefficient (Wildman–Crippen LogP) is 2.30. The van der Waals surface area contributed by atoms with Gasteiger partial charge in [0.05, 0.1) is 11.0 Å². The van der Waals surface area contributed by atoms with E-state index in [2.05, 4.69) is 22.8 Å². The number of nitrogens with zero attached hydrogens (tertiary/aromatic N) is 2. The van der Waals surface area contributed by atoms with E-state index < -0.39 is 0 Å². The van der Waals surface area contributed by atoms with Gasteiger partial charge in [0, 0.05) is 19.1 Å². The third-order valence-corrected chi connectivity index (χ3v) is 3.17. The number of fused-ring (bicyclic) bond motifs is 1. The summed E-state index contributed by atoms with van der Waals surface area (Å²) < 4.78 is 2.28. The smallest absolute Gasteiger partial charge is 0.112 e. The molecule has 3 nitrogen and oxygen atoms in total. The highest BCUT2D eigenvalue weighted by Gasteiger charge is 2.29. The molecule has 1 aromatic heterocycles. The monoisotopic (exact) mass is 216 g/mol. The van der Waals surface area contributed by atoms with Gasteiger partial charge in [0.1, 0.15) is 5.82 Å². The first-order chi connectivity index (χ1) is 7.90. The molecule has 1 aliphatic carbocycles. The van der Waals surface area contributed by atoms with Crippen molar-refractivity contribution >= 4 is 11.0 Å². The molecule has 1 aromatic carbocycles. The number of rotatable bonds is 4. The van der Waals surface area contributed by atoms with Crippen LogP contribution in [0, 0.1) is 0 Å². The molecule has 1 aliphatic rings. The predicted molar refractivity (Wildman–Crippen MR) is 63.4 cm³/mol. The maximum Gasteiger partial charge on any atom is 0.112 e. The molecule has 1 N–H and O–H groups in total. The lowest BCUT2D eigenvalue weighted by Crippen LogP contribution is -2.04. The van der Waals surface area contributed by atoms with E-state index in [-0.39, 0.29) is 6.61 Å². The number of imidazole rings is 1. The van der Waals surface area contributed by atoms with Crippen molar-refractivity contribution in [2.24, 2.45) is 0 Å². The van der Waals surface area contributed by atoms with Crippen LogP contribution in [-0.4, -0.2) is 21.3 Å². The van der Waals surface area contributed by atoms with Gasteiger partial charge in [-0.3, -0.25) is 0 Å². The average molecular weight is 216 g/mol. The minimum Gasteiger partial charge on any atom is -0.396 e. The normalized spacial score (nSPS) is 15.8. The standard InChI is InChI=1S/C13H16N2O/c16-9-3-8-15-12-5-2-1-4-11(12)14-13(15)10-6-7-10/h1-2,4-5,10,16H,3,6-9H2. The lowest BCUT2D eigenvalue weighted by molar-refractivity contribution is 0.280. The van der Waals surface area contributed by atoms with Gasteiger partial charge in [0.25, 0.3) is 0 Å². The summed E-state index contributed by atoms with van der Waals surface area (Å²) in [5, 5.41) is 8.95. The number of para-hydroxylation sites is 2. The first kappa shape index (κ1) is 9.85. The summed E-state index contributed by atoms with van der Waals surface area (Å²) in [4.78, 5) is 4.71. The van der Waals surface area contributed by atoms with E-state index in [0.717, 1.165) is 18.5 Å². The Bertz CT molecular complexity index is 500. The largest absolute Gasteiger partial charge is 0.396 e. The molecule has 0 spiro atoms. The van der Waals surface area contributed by atoms with Gasteiger partial charge in [-0.2, -0.15) is 0 Å². The number of aliphatic hydroxyl groups is 1. The molecule has 0 unspecified atom stereocenters. The Morgan fingerprint density at radius 3 is 2.88 bits per heavy atom. The third-order valence-electron chi connectivity index (χ3n) is 3.17. The van der Waals surface area contributed by atoms with Crippen molar-refractivity contribution in [1.82, 2.24) is 9.55 Å². The summed E-state index contributed by atoms with van der Waals surface area (Å²) in [5.74, 6) is 1.88. The summed E-state index contributed by atoms with van der Waals surface area (Å²) in [6.07, 6.45) is 3.34. The second-order valence-electron chi connectivity index (χ2n) is 4.46. The van der Waals surface area contributed by atoms with E-state index in [0.29, 0.717) is 5.92 Å². The van der Waals surface area contributed by atoms with E-state index in [1.54, 1.807) is 0 Å². The SMILES string of the molecule is OCCCn1c(C2CC2)nc2ccccc21. The molecular weight excluding hydrogens is 200 g/mol. The lowest BCUT2D eigenvalue weighted by Gasteiger charge is -2.06. The van der Waals surface area contributed by atoms with Crippen molar-refractivity contribution in [2.45, 2.75) is 31.7 Å². The molecule has 1 heterocycles. The number of aromatic nitrogens is 2. The molecule has 0 amide bonds. The fourth-order valence-corrected chi connectivity index (χ4v) is 2.21. The van der Waals surface area contributed by atoms with Crippen molar-refractivity contribution in [3.05, 3.63) is 30.1 Å². The summed E-state index contributed by atoms with van der Waals surface area (Å²) in [6.45, 7) is 1.12. The fourth-order valence-electron chi connectivity index (χ4n) is 2.21. The van der Waals surface area contributed by atoms with Gasteiger partial charge in [0.2, 0.25) is 0 Å². The third kappa shape index (κ3) is 1.61. The molecule has 0 aliphatic heterocycles. The maximum atomic E-state index is 8.95. The molecule has 0 saturated heterocycles. The highest BCUT2D eigenvalue weighted by molar-refractivity contribution is 5.76. The zero-order valence-electron chi connectivity index (χ0n) is 9.26. The van der Waals surface area contributed by atoms with Crippen LogP contribution in [0.5, 0.6) is 0 Å². The lowest BCUT2D eigenvalue weighted by atomic mass is 10.3. The Kier molecular flexibility index (Phi) is 2.40. The summed E-state index contributed by atoms with van der Waals surface area (Å²) in [7, 11) is 0. The van der Waals surface area contributed by atoms with Gasteiger partial charge >= 0.3 is 0 Å². The van der Waals surface area contributed by atoms with E-state index >= 15 is 0 Å².